The van der Waals surface area contributed by atoms with Gasteiger partial charge in [0.05, 0.1) is 10.9 Å². The van der Waals surface area contributed by atoms with Crippen LogP contribution in [0.5, 0.6) is 5.88 Å². The highest BCUT2D eigenvalue weighted by atomic mass is 32.1. The summed E-state index contributed by atoms with van der Waals surface area (Å²) >= 11 is 0.759. The van der Waals surface area contributed by atoms with E-state index in [2.05, 4.69) is 4.99 Å². The van der Waals surface area contributed by atoms with Gasteiger partial charge in [0.15, 0.2) is 0 Å². The van der Waals surface area contributed by atoms with Crippen molar-refractivity contribution < 1.29 is 14.7 Å². The number of carbonyl (C=O) groups excluding carboxylic acids is 2. The van der Waals surface area contributed by atoms with Gasteiger partial charge in [0.2, 0.25) is 11.8 Å². The average molecular weight is 357 g/mol. The first-order valence-corrected chi connectivity index (χ1v) is 8.81. The van der Waals surface area contributed by atoms with Crippen molar-refractivity contribution in [1.29, 1.82) is 0 Å². The van der Waals surface area contributed by atoms with E-state index in [9.17, 15) is 19.5 Å². The molecule has 1 N–H and O–H groups in total. The Bertz CT molecular complexity index is 1060. The SMILES string of the molecule is O=C1N=c2ccccc2=C1c1sc(=O)n(CC(=O)N2CCCC2)c1O. The Morgan fingerprint density at radius 1 is 1.20 bits per heavy atom. The molecule has 25 heavy (non-hydrogen) atoms. The van der Waals surface area contributed by atoms with Gasteiger partial charge in [0.25, 0.3) is 5.91 Å². The topological polar surface area (TPSA) is 92.0 Å². The minimum atomic E-state index is -0.490. The molecule has 0 atom stereocenters. The van der Waals surface area contributed by atoms with Crippen LogP contribution in [0, 0.1) is 0 Å². The molecule has 0 bridgehead atoms. The molecule has 0 unspecified atom stereocenters. The fraction of sp³-hybridized carbons (Fsp3) is 0.294. The third kappa shape index (κ3) is 2.58. The predicted octanol–water partition coefficient (Wildman–Crippen LogP) is -0.403. The van der Waals surface area contributed by atoms with E-state index in [-0.39, 0.29) is 28.8 Å². The maximum absolute atomic E-state index is 12.3. The zero-order valence-electron chi connectivity index (χ0n) is 13.3. The number of para-hydroxylation sites is 1. The number of hydrogen-bond donors (Lipinski definition) is 1. The van der Waals surface area contributed by atoms with Gasteiger partial charge in [-0.2, -0.15) is 0 Å². The number of benzene rings is 1. The highest BCUT2D eigenvalue weighted by Crippen LogP contribution is 2.28. The fourth-order valence-electron chi connectivity index (χ4n) is 3.18. The van der Waals surface area contributed by atoms with Crippen LogP contribution in [-0.2, 0) is 16.1 Å². The third-order valence-electron chi connectivity index (χ3n) is 4.46. The summed E-state index contributed by atoms with van der Waals surface area (Å²) in [7, 11) is 0. The summed E-state index contributed by atoms with van der Waals surface area (Å²) in [5.74, 6) is -1.04. The molecular weight excluding hydrogens is 342 g/mol. The first-order valence-electron chi connectivity index (χ1n) is 7.99. The maximum atomic E-state index is 12.3. The lowest BCUT2D eigenvalue weighted by atomic mass is 10.1. The number of likely N-dealkylation sites (tertiary alicyclic amines) is 1. The molecule has 2 aromatic rings. The second kappa shape index (κ2) is 5.96. The van der Waals surface area contributed by atoms with Crippen LogP contribution in [0.3, 0.4) is 0 Å². The van der Waals surface area contributed by atoms with Crippen molar-refractivity contribution in [3.05, 3.63) is 49.4 Å². The van der Waals surface area contributed by atoms with Crippen LogP contribution in [0.4, 0.5) is 0 Å². The van der Waals surface area contributed by atoms with E-state index >= 15 is 0 Å². The molecule has 0 saturated carbocycles. The van der Waals surface area contributed by atoms with Crippen molar-refractivity contribution >= 4 is 28.7 Å². The zero-order valence-corrected chi connectivity index (χ0v) is 14.1. The lowest BCUT2D eigenvalue weighted by Crippen LogP contribution is -2.33. The molecule has 8 heteroatoms. The zero-order chi connectivity index (χ0) is 17.6. The number of aromatic hydroxyl groups is 1. The van der Waals surface area contributed by atoms with Gasteiger partial charge in [-0.05, 0) is 18.9 Å². The number of amides is 2. The Morgan fingerprint density at radius 3 is 2.68 bits per heavy atom. The summed E-state index contributed by atoms with van der Waals surface area (Å²) < 4.78 is 1.03. The van der Waals surface area contributed by atoms with Crippen LogP contribution in [0.15, 0.2) is 34.1 Å². The Balaban J connectivity index is 1.77. The lowest BCUT2D eigenvalue weighted by Gasteiger charge is -2.15. The Labute approximate surface area is 146 Å². The van der Waals surface area contributed by atoms with E-state index in [1.807, 2.05) is 0 Å². The van der Waals surface area contributed by atoms with Crippen LogP contribution in [0.1, 0.15) is 17.7 Å². The van der Waals surface area contributed by atoms with Crippen LogP contribution >= 0.6 is 11.3 Å². The number of carbonyl (C=O) groups is 2. The van der Waals surface area contributed by atoms with Crippen LogP contribution in [-0.4, -0.2) is 39.5 Å². The van der Waals surface area contributed by atoms with Crippen LogP contribution in [0.25, 0.3) is 5.57 Å². The molecule has 0 aliphatic carbocycles. The van der Waals surface area contributed by atoms with Gasteiger partial charge in [0, 0.05) is 18.3 Å². The second-order valence-corrected chi connectivity index (χ2v) is 6.97. The molecule has 2 amide bonds. The quantitative estimate of drug-likeness (QED) is 0.809. The molecule has 3 heterocycles. The molecule has 2 aliphatic rings. The summed E-state index contributed by atoms with van der Waals surface area (Å²) in [6.45, 7) is 1.13. The molecule has 2 aliphatic heterocycles. The van der Waals surface area contributed by atoms with Crippen molar-refractivity contribution in [3.63, 3.8) is 0 Å². The molecule has 1 aromatic carbocycles. The minimum Gasteiger partial charge on any atom is -0.493 e. The van der Waals surface area contributed by atoms with Gasteiger partial charge in [-0.15, -0.1) is 0 Å². The number of thiazole rings is 1. The van der Waals surface area contributed by atoms with Crippen molar-refractivity contribution in [1.82, 2.24) is 9.47 Å². The van der Waals surface area contributed by atoms with Crippen molar-refractivity contribution in [2.75, 3.05) is 13.1 Å². The molecule has 4 rings (SSSR count). The highest BCUT2D eigenvalue weighted by molar-refractivity contribution is 7.11. The fourth-order valence-corrected chi connectivity index (χ4v) is 4.12. The molecule has 7 nitrogen and oxygen atoms in total. The van der Waals surface area contributed by atoms with Gasteiger partial charge in [-0.3, -0.25) is 19.0 Å². The summed E-state index contributed by atoms with van der Waals surface area (Å²) in [4.78, 5) is 42.1. The molecule has 128 valence electrons. The summed E-state index contributed by atoms with van der Waals surface area (Å²) in [5, 5.41) is 11.6. The Morgan fingerprint density at radius 2 is 1.92 bits per heavy atom. The number of aromatic nitrogens is 1. The smallest absolute Gasteiger partial charge is 0.311 e. The molecule has 1 fully saturated rings. The standard InChI is InChI=1S/C17H15N3O4S/c21-12(19-7-3-4-8-19)9-20-16(23)14(25-17(20)24)13-10-5-1-2-6-11(10)18-15(13)22/h1-2,5-6,23H,3-4,7-9H2. The largest absolute Gasteiger partial charge is 0.493 e. The van der Waals surface area contributed by atoms with E-state index < -0.39 is 10.8 Å². The van der Waals surface area contributed by atoms with E-state index in [0.29, 0.717) is 23.7 Å². The van der Waals surface area contributed by atoms with E-state index in [1.54, 1.807) is 29.2 Å². The molecule has 0 spiro atoms. The first kappa shape index (κ1) is 15.8. The summed E-state index contributed by atoms with van der Waals surface area (Å²) in [6, 6.07) is 6.96. The average Bonchev–Trinajstić information content (AvgIpc) is 3.29. The molecule has 1 saturated heterocycles. The number of fused-ring (bicyclic) bond motifs is 1. The summed E-state index contributed by atoms with van der Waals surface area (Å²) in [5.41, 5.74) is 0.211. The van der Waals surface area contributed by atoms with Gasteiger partial charge in [-0.25, -0.2) is 4.99 Å². The van der Waals surface area contributed by atoms with Crippen LogP contribution in [0.2, 0.25) is 0 Å². The monoisotopic (exact) mass is 357 g/mol. The predicted molar refractivity (Wildman–Crippen MR) is 90.8 cm³/mol. The maximum Gasteiger partial charge on any atom is 0.311 e. The third-order valence-corrected chi connectivity index (χ3v) is 5.44. The highest BCUT2D eigenvalue weighted by Gasteiger charge is 2.27. The number of hydrogen-bond acceptors (Lipinski definition) is 5. The van der Waals surface area contributed by atoms with Crippen molar-refractivity contribution in [3.8, 4) is 5.88 Å². The minimum absolute atomic E-state index is 0.165. The van der Waals surface area contributed by atoms with Gasteiger partial charge in [0.1, 0.15) is 11.4 Å². The molecule has 1 aromatic heterocycles. The molecule has 0 radical (unpaired) electrons. The Hall–Kier alpha value is -2.74. The van der Waals surface area contributed by atoms with Gasteiger partial charge >= 0.3 is 4.87 Å². The van der Waals surface area contributed by atoms with Crippen molar-refractivity contribution in [2.24, 2.45) is 4.99 Å². The Kier molecular flexibility index (Phi) is 3.76. The lowest BCUT2D eigenvalue weighted by molar-refractivity contribution is -0.130. The van der Waals surface area contributed by atoms with Gasteiger partial charge < -0.3 is 10.0 Å². The van der Waals surface area contributed by atoms with E-state index in [4.69, 9.17) is 0 Å². The number of rotatable bonds is 3. The molecular formula is C17H15N3O4S. The van der Waals surface area contributed by atoms with E-state index in [1.165, 1.54) is 0 Å². The normalized spacial score (nSPS) is 16.2. The second-order valence-electron chi connectivity index (χ2n) is 6.00. The first-order chi connectivity index (χ1) is 12.1. The summed E-state index contributed by atoms with van der Waals surface area (Å²) in [6.07, 6.45) is 1.90. The van der Waals surface area contributed by atoms with Crippen molar-refractivity contribution in [2.45, 2.75) is 19.4 Å². The number of nitrogens with zero attached hydrogens (tertiary/aromatic N) is 3. The van der Waals surface area contributed by atoms with Gasteiger partial charge in [-0.1, -0.05) is 29.5 Å². The van der Waals surface area contributed by atoms with Crippen LogP contribution < -0.4 is 15.4 Å². The van der Waals surface area contributed by atoms with E-state index in [0.717, 1.165) is 28.7 Å².